The Hall–Kier alpha value is -3.08. The van der Waals surface area contributed by atoms with Gasteiger partial charge in [0.2, 0.25) is 0 Å². The van der Waals surface area contributed by atoms with Crippen molar-refractivity contribution in [3.63, 3.8) is 0 Å². The van der Waals surface area contributed by atoms with Gasteiger partial charge in [0.15, 0.2) is 6.61 Å². The van der Waals surface area contributed by atoms with Crippen molar-refractivity contribution in [3.05, 3.63) is 76.1 Å². The number of hydrogen-bond donors (Lipinski definition) is 0. The van der Waals surface area contributed by atoms with Gasteiger partial charge in [-0.05, 0) is 30.2 Å². The maximum atomic E-state index is 11.8. The smallest absolute Gasteiger partial charge is 0.344 e. The van der Waals surface area contributed by atoms with Crippen molar-refractivity contribution in [1.29, 1.82) is 0 Å². The van der Waals surface area contributed by atoms with Crippen molar-refractivity contribution in [3.8, 4) is 5.75 Å². The fourth-order valence-electron chi connectivity index (χ4n) is 2.51. The molecule has 1 aromatic heterocycles. The first-order chi connectivity index (χ1) is 12.1. The minimum Gasteiger partial charge on any atom is -0.482 e. The molecular weight excluding hydrogens is 320 g/mol. The van der Waals surface area contributed by atoms with Crippen LogP contribution in [0.4, 0.5) is 0 Å². The van der Waals surface area contributed by atoms with Gasteiger partial charge in [0, 0.05) is 23.9 Å². The highest BCUT2D eigenvalue weighted by Gasteiger charge is 2.07. The first-order valence-electron chi connectivity index (χ1n) is 7.99. The summed E-state index contributed by atoms with van der Waals surface area (Å²) in [5, 5.41) is 0.831. The Labute approximate surface area is 144 Å². The molecular formula is C20H18O5. The van der Waals surface area contributed by atoms with E-state index in [-0.39, 0.29) is 6.61 Å². The molecule has 3 rings (SSSR count). The summed E-state index contributed by atoms with van der Waals surface area (Å²) in [6, 6.07) is 16.4. The van der Waals surface area contributed by atoms with Gasteiger partial charge in [-0.1, -0.05) is 30.3 Å². The molecule has 128 valence electrons. The van der Waals surface area contributed by atoms with Gasteiger partial charge < -0.3 is 13.9 Å². The van der Waals surface area contributed by atoms with E-state index in [0.29, 0.717) is 24.4 Å². The maximum Gasteiger partial charge on any atom is 0.344 e. The molecule has 0 atom stereocenters. The zero-order valence-electron chi connectivity index (χ0n) is 13.9. The molecule has 0 radical (unpaired) electrons. The molecule has 0 bridgehead atoms. The van der Waals surface area contributed by atoms with Gasteiger partial charge in [0.05, 0.1) is 6.61 Å². The lowest BCUT2D eigenvalue weighted by molar-refractivity contribution is -0.145. The summed E-state index contributed by atoms with van der Waals surface area (Å²) < 4.78 is 15.7. The number of ether oxygens (including phenoxy) is 2. The average molecular weight is 338 g/mol. The first kappa shape index (κ1) is 16.8. The van der Waals surface area contributed by atoms with Crippen molar-refractivity contribution in [2.45, 2.75) is 13.3 Å². The minimum atomic E-state index is -0.443. The van der Waals surface area contributed by atoms with Crippen molar-refractivity contribution in [2.75, 3.05) is 13.2 Å². The zero-order valence-corrected chi connectivity index (χ0v) is 13.9. The number of esters is 1. The predicted molar refractivity (Wildman–Crippen MR) is 93.8 cm³/mol. The molecule has 0 unspecified atom stereocenters. The van der Waals surface area contributed by atoms with Crippen molar-refractivity contribution < 1.29 is 18.7 Å². The molecule has 5 nitrogen and oxygen atoms in total. The summed E-state index contributed by atoms with van der Waals surface area (Å²) in [4.78, 5) is 23.2. The zero-order chi connectivity index (χ0) is 17.6. The van der Waals surface area contributed by atoms with Crippen LogP contribution in [0, 0.1) is 6.92 Å². The van der Waals surface area contributed by atoms with Gasteiger partial charge in [-0.15, -0.1) is 0 Å². The summed E-state index contributed by atoms with van der Waals surface area (Å²) in [7, 11) is 0. The number of carbonyl (C=O) groups is 1. The van der Waals surface area contributed by atoms with Gasteiger partial charge in [-0.25, -0.2) is 9.59 Å². The second-order valence-electron chi connectivity index (χ2n) is 5.65. The Morgan fingerprint density at radius 3 is 2.68 bits per heavy atom. The number of benzene rings is 2. The van der Waals surface area contributed by atoms with E-state index in [2.05, 4.69) is 0 Å². The van der Waals surface area contributed by atoms with E-state index in [1.165, 1.54) is 6.07 Å². The Balaban J connectivity index is 1.53. The molecule has 0 N–H and O–H groups in total. The lowest BCUT2D eigenvalue weighted by atomic mass is 10.1. The number of hydrogen-bond acceptors (Lipinski definition) is 5. The molecule has 0 aliphatic carbocycles. The van der Waals surface area contributed by atoms with Crippen LogP contribution in [0.2, 0.25) is 0 Å². The summed E-state index contributed by atoms with van der Waals surface area (Å²) >= 11 is 0. The average Bonchev–Trinajstić information content (AvgIpc) is 2.60. The molecule has 0 aliphatic heterocycles. The standard InChI is InChI=1S/C20H18O5/c1-14-11-19(21)25-18-12-16(7-8-17(14)18)24-13-20(22)23-10-9-15-5-3-2-4-6-15/h2-8,11-12H,9-10,13H2,1H3. The van der Waals surface area contributed by atoms with Crippen LogP contribution in [0.15, 0.2) is 63.8 Å². The maximum absolute atomic E-state index is 11.8. The van der Waals surface area contributed by atoms with E-state index in [4.69, 9.17) is 13.9 Å². The fourth-order valence-corrected chi connectivity index (χ4v) is 2.51. The minimum absolute atomic E-state index is 0.198. The van der Waals surface area contributed by atoms with E-state index in [0.717, 1.165) is 16.5 Å². The SMILES string of the molecule is Cc1cc(=O)oc2cc(OCC(=O)OCCc3ccccc3)ccc12. The molecule has 25 heavy (non-hydrogen) atoms. The molecule has 5 heteroatoms. The summed E-state index contributed by atoms with van der Waals surface area (Å²) in [5.74, 6) is 0.00276. The van der Waals surface area contributed by atoms with Gasteiger partial charge in [0.25, 0.3) is 0 Å². The summed E-state index contributed by atoms with van der Waals surface area (Å²) in [6.45, 7) is 1.94. The van der Waals surface area contributed by atoms with E-state index >= 15 is 0 Å². The van der Waals surface area contributed by atoms with Crippen LogP contribution in [0.25, 0.3) is 11.0 Å². The lowest BCUT2D eigenvalue weighted by Gasteiger charge is -2.08. The number of carbonyl (C=O) groups excluding carboxylic acids is 1. The molecule has 1 heterocycles. The summed E-state index contributed by atoms with van der Waals surface area (Å²) in [6.07, 6.45) is 0.660. The highest BCUT2D eigenvalue weighted by Crippen LogP contribution is 2.22. The van der Waals surface area contributed by atoms with Gasteiger partial charge >= 0.3 is 11.6 Å². The topological polar surface area (TPSA) is 65.7 Å². The van der Waals surface area contributed by atoms with Gasteiger partial charge in [-0.3, -0.25) is 0 Å². The first-order valence-corrected chi connectivity index (χ1v) is 7.99. The largest absolute Gasteiger partial charge is 0.482 e. The molecule has 3 aromatic rings. The third-order valence-corrected chi connectivity index (χ3v) is 3.78. The Morgan fingerprint density at radius 2 is 1.88 bits per heavy atom. The van der Waals surface area contributed by atoms with Crippen LogP contribution in [0.3, 0.4) is 0 Å². The van der Waals surface area contributed by atoms with E-state index in [1.807, 2.05) is 37.3 Å². The van der Waals surface area contributed by atoms with Crippen LogP contribution in [0.5, 0.6) is 5.75 Å². The molecule has 0 aliphatic rings. The Bertz CT molecular complexity index is 928. The van der Waals surface area contributed by atoms with Crippen LogP contribution in [-0.4, -0.2) is 19.2 Å². The predicted octanol–water partition coefficient (Wildman–Crippen LogP) is 3.27. The second-order valence-corrected chi connectivity index (χ2v) is 5.65. The molecule has 0 saturated heterocycles. The fraction of sp³-hybridized carbons (Fsp3) is 0.200. The molecule has 0 fully saturated rings. The van der Waals surface area contributed by atoms with Crippen LogP contribution in [0.1, 0.15) is 11.1 Å². The normalized spacial score (nSPS) is 10.6. The number of rotatable bonds is 6. The summed E-state index contributed by atoms with van der Waals surface area (Å²) in [5.41, 5.74) is 1.96. The van der Waals surface area contributed by atoms with Crippen LogP contribution in [-0.2, 0) is 16.0 Å². The number of aryl methyl sites for hydroxylation is 1. The van der Waals surface area contributed by atoms with E-state index in [9.17, 15) is 9.59 Å². The Morgan fingerprint density at radius 1 is 1.08 bits per heavy atom. The lowest BCUT2D eigenvalue weighted by Crippen LogP contribution is -2.16. The second kappa shape index (κ2) is 7.66. The molecule has 0 saturated carbocycles. The van der Waals surface area contributed by atoms with Crippen LogP contribution >= 0.6 is 0 Å². The van der Waals surface area contributed by atoms with E-state index < -0.39 is 11.6 Å². The number of fused-ring (bicyclic) bond motifs is 1. The Kier molecular flexibility index (Phi) is 5.14. The van der Waals surface area contributed by atoms with E-state index in [1.54, 1.807) is 18.2 Å². The highest BCUT2D eigenvalue weighted by molar-refractivity contribution is 5.81. The third kappa shape index (κ3) is 4.47. The third-order valence-electron chi connectivity index (χ3n) is 3.78. The molecule has 0 spiro atoms. The van der Waals surface area contributed by atoms with Gasteiger partial charge in [-0.2, -0.15) is 0 Å². The van der Waals surface area contributed by atoms with Crippen molar-refractivity contribution in [1.82, 2.24) is 0 Å². The van der Waals surface area contributed by atoms with Crippen LogP contribution < -0.4 is 10.4 Å². The monoisotopic (exact) mass is 338 g/mol. The highest BCUT2D eigenvalue weighted by atomic mass is 16.6. The van der Waals surface area contributed by atoms with Crippen molar-refractivity contribution in [2.24, 2.45) is 0 Å². The van der Waals surface area contributed by atoms with Gasteiger partial charge in [0.1, 0.15) is 11.3 Å². The molecule has 2 aromatic carbocycles. The quantitative estimate of drug-likeness (QED) is 0.510. The van der Waals surface area contributed by atoms with Crippen molar-refractivity contribution >= 4 is 16.9 Å². The molecule has 0 amide bonds.